The number of hydrogen-bond donors (Lipinski definition) is 1. The number of carboxylic acids is 1. The zero-order valence-electron chi connectivity index (χ0n) is 13.6. The number of carbonyl (C=O) groups is 1. The summed E-state index contributed by atoms with van der Waals surface area (Å²) in [7, 11) is 0. The highest BCUT2D eigenvalue weighted by molar-refractivity contribution is 6.29. The number of nitrogens with zero attached hydrogens (tertiary/aromatic N) is 4. The Labute approximate surface area is 144 Å². The topological polar surface area (TPSA) is 80.9 Å². The lowest BCUT2D eigenvalue weighted by Crippen LogP contribution is -2.11. The molecule has 0 aliphatic heterocycles. The number of hydrogen-bond acceptors (Lipinski definition) is 4. The lowest BCUT2D eigenvalue weighted by Gasteiger charge is -2.15. The highest BCUT2D eigenvalue weighted by atomic mass is 35.5. The van der Waals surface area contributed by atoms with E-state index in [9.17, 15) is 9.90 Å². The first kappa shape index (κ1) is 16.4. The second-order valence-corrected chi connectivity index (χ2v) is 6.16. The molecule has 3 aromatic rings. The van der Waals surface area contributed by atoms with Crippen molar-refractivity contribution in [1.29, 1.82) is 0 Å². The average Bonchev–Trinajstić information content (AvgIpc) is 2.95. The maximum absolute atomic E-state index is 12.0. The van der Waals surface area contributed by atoms with Crippen molar-refractivity contribution >= 4 is 28.6 Å². The molecule has 0 aromatic carbocycles. The van der Waals surface area contributed by atoms with Crippen LogP contribution in [0.3, 0.4) is 0 Å². The standard InChI is InChI=1S/C17H17ClN4O2/c1-4-22-16-11(8-20-22)13(10-5-6-19-12(18)7-10)14(17(23)24)15(21-16)9(2)3/h5-9H,4H2,1-3H3,(H,23,24). The van der Waals surface area contributed by atoms with E-state index in [-0.39, 0.29) is 11.5 Å². The van der Waals surface area contributed by atoms with E-state index in [1.165, 1.54) is 0 Å². The Hall–Kier alpha value is -2.47. The van der Waals surface area contributed by atoms with Crippen LogP contribution in [-0.2, 0) is 6.54 Å². The molecule has 0 amide bonds. The molecule has 3 rings (SSSR count). The van der Waals surface area contributed by atoms with E-state index in [0.29, 0.717) is 39.6 Å². The minimum atomic E-state index is -1.01. The van der Waals surface area contributed by atoms with Crippen LogP contribution in [0, 0.1) is 0 Å². The minimum absolute atomic E-state index is 0.0447. The fourth-order valence-electron chi connectivity index (χ4n) is 2.83. The van der Waals surface area contributed by atoms with E-state index in [4.69, 9.17) is 11.6 Å². The third-order valence-electron chi connectivity index (χ3n) is 3.89. The summed E-state index contributed by atoms with van der Waals surface area (Å²) in [6.07, 6.45) is 3.22. The Bertz CT molecular complexity index is 934. The van der Waals surface area contributed by atoms with Crippen LogP contribution in [0.1, 0.15) is 42.7 Å². The van der Waals surface area contributed by atoms with Gasteiger partial charge in [-0.3, -0.25) is 0 Å². The minimum Gasteiger partial charge on any atom is -0.478 e. The molecule has 3 heterocycles. The molecule has 0 spiro atoms. The second-order valence-electron chi connectivity index (χ2n) is 5.77. The highest BCUT2D eigenvalue weighted by Gasteiger charge is 2.25. The van der Waals surface area contributed by atoms with E-state index >= 15 is 0 Å². The summed E-state index contributed by atoms with van der Waals surface area (Å²) in [4.78, 5) is 20.6. The summed E-state index contributed by atoms with van der Waals surface area (Å²) >= 11 is 6.02. The SMILES string of the molecule is CCn1ncc2c(-c3ccnc(Cl)c3)c(C(=O)O)c(C(C)C)nc21. The van der Waals surface area contributed by atoms with Crippen LogP contribution in [-0.4, -0.2) is 30.8 Å². The molecule has 3 aromatic heterocycles. The zero-order chi connectivity index (χ0) is 17.4. The number of carboxylic acid groups (broad SMARTS) is 1. The van der Waals surface area contributed by atoms with Gasteiger partial charge in [0.2, 0.25) is 0 Å². The first-order valence-corrected chi connectivity index (χ1v) is 8.06. The zero-order valence-corrected chi connectivity index (χ0v) is 14.4. The fraction of sp³-hybridized carbons (Fsp3) is 0.294. The Morgan fingerprint density at radius 1 is 1.42 bits per heavy atom. The van der Waals surface area contributed by atoms with Gasteiger partial charge < -0.3 is 5.11 Å². The summed E-state index contributed by atoms with van der Waals surface area (Å²) < 4.78 is 1.76. The van der Waals surface area contributed by atoms with Crippen molar-refractivity contribution in [2.75, 3.05) is 0 Å². The Morgan fingerprint density at radius 2 is 2.17 bits per heavy atom. The van der Waals surface area contributed by atoms with Crippen molar-refractivity contribution in [3.05, 3.63) is 40.9 Å². The van der Waals surface area contributed by atoms with Crippen LogP contribution in [0.15, 0.2) is 24.5 Å². The molecular weight excluding hydrogens is 328 g/mol. The predicted molar refractivity (Wildman–Crippen MR) is 92.5 cm³/mol. The van der Waals surface area contributed by atoms with Crippen molar-refractivity contribution in [3.63, 3.8) is 0 Å². The number of aryl methyl sites for hydroxylation is 1. The highest BCUT2D eigenvalue weighted by Crippen LogP contribution is 2.36. The normalized spacial score (nSPS) is 11.4. The molecular formula is C17H17ClN4O2. The molecule has 0 radical (unpaired) electrons. The van der Waals surface area contributed by atoms with Gasteiger partial charge in [0.1, 0.15) is 5.15 Å². The molecule has 24 heavy (non-hydrogen) atoms. The molecule has 1 N–H and O–H groups in total. The third-order valence-corrected chi connectivity index (χ3v) is 4.10. The van der Waals surface area contributed by atoms with Gasteiger partial charge in [0, 0.05) is 23.7 Å². The number of rotatable bonds is 4. The van der Waals surface area contributed by atoms with Gasteiger partial charge in [0.15, 0.2) is 5.65 Å². The Kier molecular flexibility index (Phi) is 4.24. The van der Waals surface area contributed by atoms with Crippen molar-refractivity contribution < 1.29 is 9.90 Å². The summed E-state index contributed by atoms with van der Waals surface area (Å²) in [6.45, 7) is 6.47. The average molecular weight is 345 g/mol. The number of aromatic nitrogens is 4. The molecule has 0 saturated carbocycles. The second kappa shape index (κ2) is 6.20. The number of aromatic carboxylic acids is 1. The Balaban J connectivity index is 2.49. The molecule has 0 atom stereocenters. The van der Waals surface area contributed by atoms with Gasteiger partial charge in [0.05, 0.1) is 17.5 Å². The monoisotopic (exact) mass is 344 g/mol. The van der Waals surface area contributed by atoms with Crippen molar-refractivity contribution in [1.82, 2.24) is 19.7 Å². The van der Waals surface area contributed by atoms with E-state index in [2.05, 4.69) is 15.1 Å². The first-order chi connectivity index (χ1) is 11.4. The van der Waals surface area contributed by atoms with Gasteiger partial charge >= 0.3 is 5.97 Å². The van der Waals surface area contributed by atoms with E-state index < -0.39 is 5.97 Å². The number of fused-ring (bicyclic) bond motifs is 1. The molecule has 0 fully saturated rings. The van der Waals surface area contributed by atoms with Crippen LogP contribution >= 0.6 is 11.6 Å². The van der Waals surface area contributed by atoms with Crippen molar-refractivity contribution in [2.24, 2.45) is 0 Å². The molecule has 0 unspecified atom stereocenters. The Morgan fingerprint density at radius 3 is 2.75 bits per heavy atom. The number of halogens is 1. The van der Waals surface area contributed by atoms with Crippen molar-refractivity contribution in [3.8, 4) is 11.1 Å². The van der Waals surface area contributed by atoms with Crippen LogP contribution in [0.4, 0.5) is 0 Å². The molecule has 6 nitrogen and oxygen atoms in total. The molecule has 0 aliphatic rings. The van der Waals surface area contributed by atoms with E-state index in [0.717, 1.165) is 0 Å². The van der Waals surface area contributed by atoms with Crippen LogP contribution in [0.2, 0.25) is 5.15 Å². The van der Waals surface area contributed by atoms with Crippen LogP contribution in [0.5, 0.6) is 0 Å². The van der Waals surface area contributed by atoms with Gasteiger partial charge in [-0.05, 0) is 30.5 Å². The smallest absolute Gasteiger partial charge is 0.338 e. The van der Waals surface area contributed by atoms with Crippen LogP contribution in [0.25, 0.3) is 22.2 Å². The summed E-state index contributed by atoms with van der Waals surface area (Å²) in [5, 5.41) is 15.2. The van der Waals surface area contributed by atoms with E-state index in [1.54, 1.807) is 29.2 Å². The van der Waals surface area contributed by atoms with Crippen LogP contribution < -0.4 is 0 Å². The number of pyridine rings is 2. The molecule has 0 aliphatic carbocycles. The van der Waals surface area contributed by atoms with Gasteiger partial charge in [0.25, 0.3) is 0 Å². The molecule has 124 valence electrons. The summed E-state index contributed by atoms with van der Waals surface area (Å²) in [6, 6.07) is 3.41. The largest absolute Gasteiger partial charge is 0.478 e. The lowest BCUT2D eigenvalue weighted by atomic mass is 9.93. The van der Waals surface area contributed by atoms with Gasteiger partial charge in [-0.25, -0.2) is 19.4 Å². The summed E-state index contributed by atoms with van der Waals surface area (Å²) in [5.41, 5.74) is 2.68. The summed E-state index contributed by atoms with van der Waals surface area (Å²) in [5.74, 6) is -1.06. The maximum atomic E-state index is 12.0. The molecule has 0 saturated heterocycles. The fourth-order valence-corrected chi connectivity index (χ4v) is 3.00. The van der Waals surface area contributed by atoms with Crippen molar-refractivity contribution in [2.45, 2.75) is 33.2 Å². The third kappa shape index (κ3) is 2.63. The molecule has 7 heteroatoms. The van der Waals surface area contributed by atoms with Gasteiger partial charge in [-0.1, -0.05) is 25.4 Å². The molecule has 0 bridgehead atoms. The predicted octanol–water partition coefficient (Wildman–Crippen LogP) is 3.99. The van der Waals surface area contributed by atoms with Gasteiger partial charge in [-0.15, -0.1) is 0 Å². The van der Waals surface area contributed by atoms with Gasteiger partial charge in [-0.2, -0.15) is 5.10 Å². The lowest BCUT2D eigenvalue weighted by molar-refractivity contribution is 0.0695. The first-order valence-electron chi connectivity index (χ1n) is 7.68. The van der Waals surface area contributed by atoms with E-state index in [1.807, 2.05) is 20.8 Å². The maximum Gasteiger partial charge on any atom is 0.338 e. The quantitative estimate of drug-likeness (QED) is 0.724.